The fourth-order valence-electron chi connectivity index (χ4n) is 5.28. The highest BCUT2D eigenvalue weighted by molar-refractivity contribution is 6.90. The predicted octanol–water partition coefficient (Wildman–Crippen LogP) is 9.33. The minimum absolute atomic E-state index is 0.146. The number of carbonyl (C=O) groups is 1. The number of amides is 1. The molecule has 1 saturated carbocycles. The molecule has 1 N–H and O–H groups in total. The molecule has 0 radical (unpaired) electrons. The molecule has 1 aliphatic rings. The van der Waals surface area contributed by atoms with E-state index >= 15 is 0 Å². The van der Waals surface area contributed by atoms with Gasteiger partial charge in [-0.05, 0) is 77.9 Å². The van der Waals surface area contributed by atoms with E-state index in [1.54, 1.807) is 24.3 Å². The number of hydrogen-bond donors (Lipinski definition) is 1. The van der Waals surface area contributed by atoms with Gasteiger partial charge in [-0.25, -0.2) is 0 Å². The largest absolute Gasteiger partial charge is 0.435 e. The zero-order valence-corrected chi connectivity index (χ0v) is 31.6. The van der Waals surface area contributed by atoms with E-state index in [1.807, 2.05) is 0 Å². The topological polar surface area (TPSA) is 84.0 Å². The summed E-state index contributed by atoms with van der Waals surface area (Å²) in [5.74, 6) is -0.147. The van der Waals surface area contributed by atoms with Crippen LogP contribution >= 0.6 is 0 Å². The number of rotatable bonds is 12. The Morgan fingerprint density at radius 3 is 1.54 bits per heavy atom. The lowest BCUT2D eigenvalue weighted by molar-refractivity contribution is 0.00455. The molecule has 1 fully saturated rings. The fraction of sp³-hybridized carbons (Fsp3) is 0.750. The minimum Gasteiger partial charge on any atom is -0.435 e. The Bertz CT molecular complexity index is 968. The van der Waals surface area contributed by atoms with E-state index in [1.165, 1.54) is 31.9 Å². The summed E-state index contributed by atoms with van der Waals surface area (Å²) in [7, 11) is -7.21. The molecule has 0 aromatic heterocycles. The standard InChI is InChI=1S/C28H53N3O3Si3.C4H8/c1-22(2)35(11,19-27(5,6)7)33-37(13,34-36(12,23(3)4)20-28(8,9)10)21-30-26(32)25-16-14-24(15-17-25)18-31-29;1-2-4-3-1/h14-18,22-23H,19-21H2,1-13H3,(H,30,32);1-4H2. The molecule has 0 heterocycles. The zero-order valence-electron chi connectivity index (χ0n) is 28.6. The lowest BCUT2D eigenvalue weighted by atomic mass is 10.0. The SMILES string of the molecule is C1CCC1.CC(C)[Si](C)(CC(C)(C)C)O[Si](C)(CNC(=O)c1ccc(C=[N+]=[N-])cc1)O[Si](C)(CC(C)(C)C)C(C)C. The molecule has 1 amide bonds. The lowest BCUT2D eigenvalue weighted by Crippen LogP contribution is -2.63. The van der Waals surface area contributed by atoms with Crippen LogP contribution in [0.25, 0.3) is 5.53 Å². The van der Waals surface area contributed by atoms with Crippen molar-refractivity contribution in [3.05, 3.63) is 40.9 Å². The van der Waals surface area contributed by atoms with Gasteiger partial charge in [0.25, 0.3) is 12.1 Å². The first-order chi connectivity index (χ1) is 18.6. The zero-order chi connectivity index (χ0) is 31.7. The van der Waals surface area contributed by atoms with E-state index < -0.39 is 25.2 Å². The number of hydrogen-bond acceptors (Lipinski definition) is 3. The van der Waals surface area contributed by atoms with Gasteiger partial charge in [0.15, 0.2) is 16.6 Å². The second kappa shape index (κ2) is 15.4. The van der Waals surface area contributed by atoms with Crippen LogP contribution in [0.1, 0.15) is 111 Å². The van der Waals surface area contributed by atoms with E-state index in [4.69, 9.17) is 13.8 Å². The average molecular weight is 620 g/mol. The van der Waals surface area contributed by atoms with Gasteiger partial charge in [0.05, 0.1) is 11.7 Å². The lowest BCUT2D eigenvalue weighted by Gasteiger charge is -2.48. The predicted molar refractivity (Wildman–Crippen MR) is 182 cm³/mol. The second-order valence-electron chi connectivity index (χ2n) is 15.7. The summed E-state index contributed by atoms with van der Waals surface area (Å²) < 4.78 is 14.6. The Balaban J connectivity index is 0.00000192. The maximum absolute atomic E-state index is 13.2. The molecule has 2 atom stereocenters. The number of benzene rings is 1. The third kappa shape index (κ3) is 13.7. The van der Waals surface area contributed by atoms with Crippen molar-refractivity contribution in [3.63, 3.8) is 0 Å². The molecule has 1 aromatic carbocycles. The number of carbonyl (C=O) groups excluding carboxylic acids is 1. The molecule has 41 heavy (non-hydrogen) atoms. The molecule has 0 bridgehead atoms. The summed E-state index contributed by atoms with van der Waals surface area (Å²) in [6.07, 6.45) is 7.75. The highest BCUT2D eigenvalue weighted by Gasteiger charge is 2.50. The highest BCUT2D eigenvalue weighted by Crippen LogP contribution is 2.41. The molecule has 234 valence electrons. The Morgan fingerprint density at radius 2 is 1.24 bits per heavy atom. The molecule has 0 spiro atoms. The van der Waals surface area contributed by atoms with Gasteiger partial charge >= 0.3 is 8.56 Å². The normalized spacial score (nSPS) is 18.1. The minimum atomic E-state index is -2.83. The molecular formula is C32H61N3O3Si3. The molecule has 0 saturated heterocycles. The quantitative estimate of drug-likeness (QED) is 0.109. The van der Waals surface area contributed by atoms with Crippen molar-refractivity contribution >= 4 is 37.3 Å². The van der Waals surface area contributed by atoms with Crippen molar-refractivity contribution in [2.45, 2.75) is 138 Å². The van der Waals surface area contributed by atoms with Crippen LogP contribution in [0.5, 0.6) is 0 Å². The summed E-state index contributed by atoms with van der Waals surface area (Å²) in [6, 6.07) is 9.07. The summed E-state index contributed by atoms with van der Waals surface area (Å²) in [5, 5.41) is 3.17. The van der Waals surface area contributed by atoms with Gasteiger partial charge in [-0.1, -0.05) is 94.9 Å². The van der Waals surface area contributed by atoms with Gasteiger partial charge in [0.1, 0.15) is 0 Å². The van der Waals surface area contributed by atoms with Crippen molar-refractivity contribution in [1.29, 1.82) is 0 Å². The first-order valence-corrected chi connectivity index (χ1v) is 23.5. The van der Waals surface area contributed by atoms with Crippen molar-refractivity contribution in [1.82, 2.24) is 5.32 Å². The third-order valence-electron chi connectivity index (χ3n) is 8.05. The monoisotopic (exact) mass is 619 g/mol. The molecular weight excluding hydrogens is 559 g/mol. The Morgan fingerprint density at radius 1 is 0.854 bits per heavy atom. The third-order valence-corrected chi connectivity index (χ3v) is 24.5. The smallest absolute Gasteiger partial charge is 0.334 e. The van der Waals surface area contributed by atoms with Crippen LogP contribution in [0.4, 0.5) is 0 Å². The Labute approximate surface area is 255 Å². The molecule has 0 aliphatic heterocycles. The number of nitrogens with one attached hydrogen (secondary N) is 1. The van der Waals surface area contributed by atoms with Crippen molar-refractivity contribution < 1.29 is 17.8 Å². The first-order valence-electron chi connectivity index (χ1n) is 15.6. The van der Waals surface area contributed by atoms with Crippen LogP contribution in [0.3, 0.4) is 0 Å². The molecule has 9 heteroatoms. The van der Waals surface area contributed by atoms with Crippen LogP contribution in [-0.4, -0.2) is 48.3 Å². The maximum Gasteiger partial charge on any atom is 0.334 e. The fourth-order valence-corrected chi connectivity index (χ4v) is 22.3. The van der Waals surface area contributed by atoms with Crippen LogP contribution in [0.15, 0.2) is 24.3 Å². The first kappa shape index (κ1) is 37.7. The van der Waals surface area contributed by atoms with Crippen molar-refractivity contribution in [3.8, 4) is 0 Å². The van der Waals surface area contributed by atoms with E-state index in [0.717, 1.165) is 17.7 Å². The summed E-state index contributed by atoms with van der Waals surface area (Å²) in [5.41, 5.74) is 11.2. The van der Waals surface area contributed by atoms with Crippen LogP contribution in [0.2, 0.25) is 42.8 Å². The van der Waals surface area contributed by atoms with Crippen LogP contribution in [-0.2, 0) is 8.23 Å². The van der Waals surface area contributed by atoms with Gasteiger partial charge in [-0.3, -0.25) is 4.79 Å². The van der Waals surface area contributed by atoms with E-state index in [9.17, 15) is 4.79 Å². The molecule has 2 unspecified atom stereocenters. The maximum atomic E-state index is 13.2. The average Bonchev–Trinajstić information content (AvgIpc) is 2.74. The summed E-state index contributed by atoms with van der Waals surface area (Å²) in [6.45, 7) is 29.6. The van der Waals surface area contributed by atoms with Gasteiger partial charge in [0.2, 0.25) is 0 Å². The molecule has 1 aromatic rings. The Kier molecular flexibility index (Phi) is 14.1. The second-order valence-corrected chi connectivity index (χ2v) is 28.2. The Hall–Kier alpha value is -1.36. The molecule has 6 nitrogen and oxygen atoms in total. The van der Waals surface area contributed by atoms with Crippen LogP contribution in [0, 0.1) is 10.8 Å². The van der Waals surface area contributed by atoms with Gasteiger partial charge in [-0.2, -0.15) is 4.79 Å². The van der Waals surface area contributed by atoms with E-state index in [2.05, 4.69) is 99.0 Å². The highest BCUT2D eigenvalue weighted by atomic mass is 28.5. The van der Waals surface area contributed by atoms with E-state index in [-0.39, 0.29) is 16.7 Å². The number of nitrogens with zero attached hydrogens (tertiary/aromatic N) is 2. The van der Waals surface area contributed by atoms with Crippen LogP contribution < -0.4 is 5.32 Å². The molecule has 1 aliphatic carbocycles. The van der Waals surface area contributed by atoms with Crippen molar-refractivity contribution in [2.75, 3.05) is 6.17 Å². The summed E-state index contributed by atoms with van der Waals surface area (Å²) >= 11 is 0. The van der Waals surface area contributed by atoms with Gasteiger partial charge < -0.3 is 19.1 Å². The summed E-state index contributed by atoms with van der Waals surface area (Å²) in [4.78, 5) is 16.2. The van der Waals surface area contributed by atoms with Gasteiger partial charge in [0, 0.05) is 5.56 Å². The molecule has 2 rings (SSSR count). The van der Waals surface area contributed by atoms with E-state index in [0.29, 0.717) is 22.8 Å². The van der Waals surface area contributed by atoms with Gasteiger partial charge in [-0.15, -0.1) is 0 Å². The van der Waals surface area contributed by atoms with Crippen molar-refractivity contribution in [2.24, 2.45) is 10.8 Å².